The molecule has 0 aliphatic carbocycles. The van der Waals surface area contributed by atoms with Crippen LogP contribution in [0.1, 0.15) is 0 Å². The summed E-state index contributed by atoms with van der Waals surface area (Å²) in [5.74, 6) is 0.621. The number of aromatic nitrogens is 2. The van der Waals surface area contributed by atoms with Gasteiger partial charge in [0.15, 0.2) is 0 Å². The van der Waals surface area contributed by atoms with E-state index in [1.54, 1.807) is 18.2 Å². The molecule has 6 heteroatoms. The van der Waals surface area contributed by atoms with E-state index in [9.17, 15) is 0 Å². The Balaban J connectivity index is 1.94. The molecule has 0 aliphatic heterocycles. The lowest BCUT2D eigenvalue weighted by Crippen LogP contribution is -1.91. The number of benzene rings is 2. The smallest absolute Gasteiger partial charge is 0.205 e. The lowest BCUT2D eigenvalue weighted by Gasteiger charge is -2.03. The predicted molar refractivity (Wildman–Crippen MR) is 80.8 cm³/mol. The quantitative estimate of drug-likeness (QED) is 0.677. The first-order valence-electron chi connectivity index (χ1n) is 5.49. The maximum absolute atomic E-state index is 5.96. The van der Waals surface area contributed by atoms with Crippen molar-refractivity contribution in [2.45, 2.75) is 0 Å². The third-order valence-electron chi connectivity index (χ3n) is 2.63. The van der Waals surface area contributed by atoms with Crippen LogP contribution in [0.2, 0.25) is 15.1 Å². The van der Waals surface area contributed by atoms with E-state index in [4.69, 9.17) is 34.8 Å². The standard InChI is InChI=1S/C13H8Cl3N3/c14-7-1-4-11-12(5-7)19-13(18-11)17-8-2-3-9(15)10(16)6-8/h1-6H,(H2,17,18,19). The summed E-state index contributed by atoms with van der Waals surface area (Å²) in [5.41, 5.74) is 2.52. The van der Waals surface area contributed by atoms with Crippen LogP contribution in [-0.4, -0.2) is 9.97 Å². The molecule has 0 fully saturated rings. The van der Waals surface area contributed by atoms with E-state index in [0.29, 0.717) is 21.0 Å². The molecule has 2 N–H and O–H groups in total. The van der Waals surface area contributed by atoms with E-state index >= 15 is 0 Å². The highest BCUT2D eigenvalue weighted by atomic mass is 35.5. The highest BCUT2D eigenvalue weighted by Crippen LogP contribution is 2.27. The van der Waals surface area contributed by atoms with Crippen molar-refractivity contribution in [2.24, 2.45) is 0 Å². The summed E-state index contributed by atoms with van der Waals surface area (Å²) in [6.07, 6.45) is 0. The first-order valence-corrected chi connectivity index (χ1v) is 6.62. The van der Waals surface area contributed by atoms with E-state index in [2.05, 4.69) is 15.3 Å². The first-order chi connectivity index (χ1) is 9.11. The highest BCUT2D eigenvalue weighted by molar-refractivity contribution is 6.42. The zero-order valence-electron chi connectivity index (χ0n) is 9.55. The molecule has 0 saturated carbocycles. The maximum Gasteiger partial charge on any atom is 0.205 e. The second-order valence-electron chi connectivity index (χ2n) is 4.00. The topological polar surface area (TPSA) is 40.7 Å². The molecule has 0 atom stereocenters. The van der Waals surface area contributed by atoms with Crippen LogP contribution in [0.25, 0.3) is 11.0 Å². The zero-order valence-corrected chi connectivity index (χ0v) is 11.8. The van der Waals surface area contributed by atoms with Gasteiger partial charge in [0, 0.05) is 10.7 Å². The molecule has 96 valence electrons. The molecule has 3 rings (SSSR count). The van der Waals surface area contributed by atoms with Gasteiger partial charge in [-0.15, -0.1) is 0 Å². The zero-order chi connectivity index (χ0) is 13.4. The number of imidazole rings is 1. The number of nitrogens with zero attached hydrogens (tertiary/aromatic N) is 1. The van der Waals surface area contributed by atoms with Crippen LogP contribution >= 0.6 is 34.8 Å². The predicted octanol–water partition coefficient (Wildman–Crippen LogP) is 5.27. The van der Waals surface area contributed by atoms with Gasteiger partial charge in [0.25, 0.3) is 0 Å². The fourth-order valence-corrected chi connectivity index (χ4v) is 2.22. The van der Waals surface area contributed by atoms with Gasteiger partial charge in [0.05, 0.1) is 21.1 Å². The Morgan fingerprint density at radius 1 is 0.947 bits per heavy atom. The number of hydrogen-bond acceptors (Lipinski definition) is 2. The van der Waals surface area contributed by atoms with Crippen LogP contribution in [0.4, 0.5) is 11.6 Å². The van der Waals surface area contributed by atoms with Gasteiger partial charge >= 0.3 is 0 Å². The average Bonchev–Trinajstić information content (AvgIpc) is 2.75. The summed E-state index contributed by atoms with van der Waals surface area (Å²) < 4.78 is 0. The highest BCUT2D eigenvalue weighted by Gasteiger charge is 2.05. The number of halogens is 3. The second-order valence-corrected chi connectivity index (χ2v) is 5.25. The van der Waals surface area contributed by atoms with Crippen molar-refractivity contribution in [1.82, 2.24) is 9.97 Å². The van der Waals surface area contributed by atoms with Gasteiger partial charge in [-0.3, -0.25) is 0 Å². The molecule has 0 saturated heterocycles. The van der Waals surface area contributed by atoms with Crippen molar-refractivity contribution in [1.29, 1.82) is 0 Å². The van der Waals surface area contributed by atoms with Crippen molar-refractivity contribution >= 4 is 57.5 Å². The first kappa shape index (κ1) is 12.6. The Hall–Kier alpha value is -1.42. The van der Waals surface area contributed by atoms with Gasteiger partial charge in [-0.25, -0.2) is 4.98 Å². The minimum atomic E-state index is 0.492. The van der Waals surface area contributed by atoms with Crippen LogP contribution in [0.3, 0.4) is 0 Å². The van der Waals surface area contributed by atoms with E-state index in [0.717, 1.165) is 16.7 Å². The van der Waals surface area contributed by atoms with Gasteiger partial charge in [-0.05, 0) is 36.4 Å². The molecule has 0 aliphatic rings. The molecule has 1 heterocycles. The molecule has 0 spiro atoms. The summed E-state index contributed by atoms with van der Waals surface area (Å²) in [7, 11) is 0. The largest absolute Gasteiger partial charge is 0.326 e. The Morgan fingerprint density at radius 3 is 2.58 bits per heavy atom. The van der Waals surface area contributed by atoms with Crippen LogP contribution < -0.4 is 5.32 Å². The summed E-state index contributed by atoms with van der Waals surface area (Å²) in [4.78, 5) is 7.54. The molecule has 0 amide bonds. The lowest BCUT2D eigenvalue weighted by atomic mass is 10.3. The van der Waals surface area contributed by atoms with Crippen molar-refractivity contribution in [3.05, 3.63) is 51.5 Å². The van der Waals surface area contributed by atoms with E-state index in [1.165, 1.54) is 0 Å². The molecule has 19 heavy (non-hydrogen) atoms. The van der Waals surface area contributed by atoms with E-state index in [-0.39, 0.29) is 0 Å². The number of fused-ring (bicyclic) bond motifs is 1. The lowest BCUT2D eigenvalue weighted by molar-refractivity contribution is 1.31. The Labute approximate surface area is 124 Å². The van der Waals surface area contributed by atoms with Crippen molar-refractivity contribution < 1.29 is 0 Å². The maximum atomic E-state index is 5.96. The molecule has 0 unspecified atom stereocenters. The summed E-state index contributed by atoms with van der Waals surface area (Å²) in [5, 5.41) is 4.80. The van der Waals surface area contributed by atoms with Gasteiger partial charge in [0.2, 0.25) is 5.95 Å². The number of rotatable bonds is 2. The molecular formula is C13H8Cl3N3. The van der Waals surface area contributed by atoms with Crippen LogP contribution in [-0.2, 0) is 0 Å². The minimum absolute atomic E-state index is 0.492. The molecule has 1 aromatic heterocycles. The minimum Gasteiger partial charge on any atom is -0.326 e. The van der Waals surface area contributed by atoms with Crippen molar-refractivity contribution in [3.63, 3.8) is 0 Å². The normalized spacial score (nSPS) is 10.9. The molecule has 0 radical (unpaired) electrons. The Morgan fingerprint density at radius 2 is 1.79 bits per heavy atom. The second kappa shape index (κ2) is 4.93. The SMILES string of the molecule is Clc1ccc2nc(Nc3ccc(Cl)c(Cl)c3)[nH]c2c1. The Bertz CT molecular complexity index is 752. The summed E-state index contributed by atoms with van der Waals surface area (Å²) in [6, 6.07) is 10.8. The number of hydrogen-bond donors (Lipinski definition) is 2. The molecule has 3 aromatic rings. The fourth-order valence-electron chi connectivity index (χ4n) is 1.75. The third-order valence-corrected chi connectivity index (χ3v) is 3.60. The number of nitrogens with one attached hydrogen (secondary N) is 2. The molecular weight excluding hydrogens is 305 g/mol. The van der Waals surface area contributed by atoms with Gasteiger partial charge in [-0.1, -0.05) is 34.8 Å². The number of anilines is 2. The third kappa shape index (κ3) is 2.63. The van der Waals surface area contributed by atoms with E-state index in [1.807, 2.05) is 18.2 Å². The van der Waals surface area contributed by atoms with Crippen LogP contribution in [0, 0.1) is 0 Å². The summed E-state index contributed by atoms with van der Waals surface area (Å²) >= 11 is 17.8. The fraction of sp³-hybridized carbons (Fsp3) is 0. The molecule has 0 bridgehead atoms. The van der Waals surface area contributed by atoms with Crippen molar-refractivity contribution in [2.75, 3.05) is 5.32 Å². The number of aromatic amines is 1. The van der Waals surface area contributed by atoms with Gasteiger partial charge in [0.1, 0.15) is 0 Å². The van der Waals surface area contributed by atoms with E-state index < -0.39 is 0 Å². The molecule has 3 nitrogen and oxygen atoms in total. The van der Waals surface area contributed by atoms with Crippen LogP contribution in [0.5, 0.6) is 0 Å². The monoisotopic (exact) mass is 311 g/mol. The van der Waals surface area contributed by atoms with Gasteiger partial charge in [-0.2, -0.15) is 0 Å². The Kier molecular flexibility index (Phi) is 3.27. The summed E-state index contributed by atoms with van der Waals surface area (Å²) in [6.45, 7) is 0. The van der Waals surface area contributed by atoms with Crippen molar-refractivity contribution in [3.8, 4) is 0 Å². The molecule has 2 aromatic carbocycles. The number of H-pyrrole nitrogens is 1. The van der Waals surface area contributed by atoms with Crippen LogP contribution in [0.15, 0.2) is 36.4 Å². The van der Waals surface area contributed by atoms with Gasteiger partial charge < -0.3 is 10.3 Å². The average molecular weight is 313 g/mol.